The lowest BCUT2D eigenvalue weighted by Crippen LogP contribution is -2.24. The summed E-state index contributed by atoms with van der Waals surface area (Å²) in [6.07, 6.45) is -3.22. The lowest BCUT2D eigenvalue weighted by molar-refractivity contribution is -0.187. The number of hydrogen-bond acceptors (Lipinski definition) is 4. The monoisotopic (exact) mass is 448 g/mol. The molecule has 0 aromatic heterocycles. The molecule has 30 heavy (non-hydrogen) atoms. The van der Waals surface area contributed by atoms with Crippen LogP contribution in [0.15, 0.2) is 36.4 Å². The minimum atomic E-state index is -4.07. The summed E-state index contributed by atoms with van der Waals surface area (Å²) in [6, 6.07) is 5.21. The number of thioether (sulfide) groups is 1. The molecule has 2 aromatic rings. The quantitative estimate of drug-likeness (QED) is 0.364. The van der Waals surface area contributed by atoms with Crippen molar-refractivity contribution in [1.29, 1.82) is 0 Å². The molecule has 2 aromatic carbocycles. The first kappa shape index (κ1) is 22.8. The molecule has 2 unspecified atom stereocenters. The van der Waals surface area contributed by atoms with Gasteiger partial charge in [0.05, 0.1) is 12.2 Å². The molecule has 0 radical (unpaired) electrons. The molecule has 0 N–H and O–H groups in total. The van der Waals surface area contributed by atoms with Crippen molar-refractivity contribution < 1.29 is 36.2 Å². The van der Waals surface area contributed by atoms with E-state index in [0.717, 1.165) is 30.4 Å². The van der Waals surface area contributed by atoms with Crippen LogP contribution >= 0.6 is 11.8 Å². The van der Waals surface area contributed by atoms with E-state index in [0.29, 0.717) is 43.4 Å². The molecule has 2 atom stereocenters. The molecule has 0 bridgehead atoms. The van der Waals surface area contributed by atoms with E-state index in [-0.39, 0.29) is 0 Å². The zero-order valence-corrected chi connectivity index (χ0v) is 17.0. The molecule has 3 nitrogen and oxygen atoms in total. The Morgan fingerprint density at radius 3 is 2.50 bits per heavy atom. The van der Waals surface area contributed by atoms with Crippen LogP contribution in [0.1, 0.15) is 29.9 Å². The van der Waals surface area contributed by atoms with Crippen LogP contribution in [-0.4, -0.2) is 25.6 Å². The van der Waals surface area contributed by atoms with Gasteiger partial charge in [0.25, 0.3) is 0 Å². The fourth-order valence-electron chi connectivity index (χ4n) is 2.95. The van der Waals surface area contributed by atoms with E-state index in [2.05, 4.69) is 4.74 Å². The summed E-state index contributed by atoms with van der Waals surface area (Å²) >= 11 is 1.47. The lowest BCUT2D eigenvalue weighted by atomic mass is 10.1. The Balaban J connectivity index is 1.65. The summed E-state index contributed by atoms with van der Waals surface area (Å²) in [4.78, 5) is 0. The second kappa shape index (κ2) is 9.98. The van der Waals surface area contributed by atoms with Crippen LogP contribution in [0.2, 0.25) is 0 Å². The number of rotatable bonds is 8. The molecular weight excluding hydrogens is 427 g/mol. The predicted octanol–water partition coefficient (Wildman–Crippen LogP) is 6.04. The van der Waals surface area contributed by atoms with E-state index in [1.807, 2.05) is 6.92 Å². The number of benzene rings is 2. The van der Waals surface area contributed by atoms with Crippen molar-refractivity contribution in [2.75, 3.05) is 25.6 Å². The summed E-state index contributed by atoms with van der Waals surface area (Å²) in [5.41, 5.74) is -1.04. The van der Waals surface area contributed by atoms with Crippen molar-refractivity contribution in [2.45, 2.75) is 24.9 Å². The highest BCUT2D eigenvalue weighted by molar-refractivity contribution is 7.99. The Kier molecular flexibility index (Phi) is 7.60. The molecule has 0 saturated carbocycles. The number of halogens is 5. The predicted molar refractivity (Wildman–Crippen MR) is 103 cm³/mol. The van der Waals surface area contributed by atoms with Gasteiger partial charge in [-0.3, -0.25) is 0 Å². The van der Waals surface area contributed by atoms with Gasteiger partial charge in [-0.05, 0) is 49.1 Å². The topological polar surface area (TPSA) is 27.7 Å². The van der Waals surface area contributed by atoms with Gasteiger partial charge in [-0.25, -0.2) is 13.2 Å². The summed E-state index contributed by atoms with van der Waals surface area (Å²) in [7, 11) is 0. The minimum absolute atomic E-state index is 0.316. The zero-order valence-electron chi connectivity index (χ0n) is 16.2. The highest BCUT2D eigenvalue weighted by Gasteiger charge is 2.38. The molecule has 1 heterocycles. The summed E-state index contributed by atoms with van der Waals surface area (Å²) in [6.45, 7) is 3.70. The van der Waals surface area contributed by atoms with Crippen molar-refractivity contribution in [3.63, 3.8) is 0 Å². The van der Waals surface area contributed by atoms with Crippen LogP contribution in [0.25, 0.3) is 0 Å². The van der Waals surface area contributed by atoms with Gasteiger partial charge in [-0.15, -0.1) is 11.8 Å². The molecule has 1 aliphatic heterocycles. The third-order valence-corrected chi connectivity index (χ3v) is 5.93. The van der Waals surface area contributed by atoms with Crippen LogP contribution < -0.4 is 4.74 Å². The fourth-order valence-corrected chi connectivity index (χ4v) is 4.18. The van der Waals surface area contributed by atoms with Crippen molar-refractivity contribution in [1.82, 2.24) is 0 Å². The Labute approximate surface area is 175 Å². The molecular formula is C21H21F5O3S. The standard InChI is InChI=1S/C21H21F5O3S/c1-2-27-8-7-13-11-28-20(30-12-13)14-3-5-16(18(23)9-14)21(25,26)29-15-4-6-17(22)19(24)10-15/h3-6,9-10,13,20H,2,7-8,11-12H2,1H3. The summed E-state index contributed by atoms with van der Waals surface area (Å²) in [5, 5.41) is 0. The van der Waals surface area contributed by atoms with Crippen LogP contribution in [0.5, 0.6) is 5.75 Å². The van der Waals surface area contributed by atoms with Gasteiger partial charge in [-0.1, -0.05) is 6.07 Å². The number of ether oxygens (including phenoxy) is 3. The van der Waals surface area contributed by atoms with Crippen molar-refractivity contribution in [3.05, 3.63) is 65.0 Å². The van der Waals surface area contributed by atoms with Gasteiger partial charge in [0.15, 0.2) is 11.6 Å². The second-order valence-electron chi connectivity index (χ2n) is 6.78. The third-order valence-electron chi connectivity index (χ3n) is 4.56. The summed E-state index contributed by atoms with van der Waals surface area (Å²) in [5.74, 6) is -3.24. The van der Waals surface area contributed by atoms with E-state index in [1.54, 1.807) is 0 Å². The molecule has 1 aliphatic rings. The molecule has 0 aliphatic carbocycles. The van der Waals surface area contributed by atoms with E-state index < -0.39 is 40.3 Å². The normalized spacial score (nSPS) is 19.7. The molecule has 0 amide bonds. The van der Waals surface area contributed by atoms with Crippen LogP contribution in [0, 0.1) is 23.4 Å². The van der Waals surface area contributed by atoms with Crippen LogP contribution in [0.3, 0.4) is 0 Å². The van der Waals surface area contributed by atoms with Crippen molar-refractivity contribution in [2.24, 2.45) is 5.92 Å². The van der Waals surface area contributed by atoms with Crippen LogP contribution in [0.4, 0.5) is 22.0 Å². The van der Waals surface area contributed by atoms with E-state index in [1.165, 1.54) is 17.8 Å². The number of hydrogen-bond donors (Lipinski definition) is 0. The van der Waals surface area contributed by atoms with E-state index in [9.17, 15) is 22.0 Å². The SMILES string of the molecule is CCOCCC1COC(c2ccc(C(F)(F)Oc3ccc(F)c(F)c3)c(F)c2)SC1. The molecule has 0 spiro atoms. The molecule has 1 fully saturated rings. The maximum atomic E-state index is 14.5. The Morgan fingerprint density at radius 2 is 1.87 bits per heavy atom. The Morgan fingerprint density at radius 1 is 1.07 bits per heavy atom. The van der Waals surface area contributed by atoms with Gasteiger partial charge in [0.1, 0.15) is 17.0 Å². The van der Waals surface area contributed by atoms with Crippen LogP contribution in [-0.2, 0) is 15.6 Å². The molecule has 3 rings (SSSR count). The maximum Gasteiger partial charge on any atom is 0.429 e. The average Bonchev–Trinajstić information content (AvgIpc) is 2.71. The smallest absolute Gasteiger partial charge is 0.429 e. The van der Waals surface area contributed by atoms with Gasteiger partial charge in [0, 0.05) is 25.0 Å². The summed E-state index contributed by atoms with van der Waals surface area (Å²) < 4.78 is 84.9. The first-order valence-corrected chi connectivity index (χ1v) is 10.5. The van der Waals surface area contributed by atoms with Gasteiger partial charge in [-0.2, -0.15) is 8.78 Å². The number of alkyl halides is 2. The second-order valence-corrected chi connectivity index (χ2v) is 7.88. The Bertz CT molecular complexity index is 857. The van der Waals surface area contributed by atoms with Gasteiger partial charge in [0.2, 0.25) is 0 Å². The van der Waals surface area contributed by atoms with Crippen molar-refractivity contribution in [3.8, 4) is 5.75 Å². The average molecular weight is 448 g/mol. The lowest BCUT2D eigenvalue weighted by Gasteiger charge is -2.29. The fraction of sp³-hybridized carbons (Fsp3) is 0.429. The van der Waals surface area contributed by atoms with E-state index in [4.69, 9.17) is 9.47 Å². The van der Waals surface area contributed by atoms with Gasteiger partial charge >= 0.3 is 6.11 Å². The minimum Gasteiger partial charge on any atom is -0.429 e. The Hall–Kier alpha value is -1.84. The molecule has 1 saturated heterocycles. The first-order chi connectivity index (χ1) is 14.3. The van der Waals surface area contributed by atoms with Gasteiger partial charge < -0.3 is 14.2 Å². The molecule has 9 heteroatoms. The highest BCUT2D eigenvalue weighted by atomic mass is 32.2. The van der Waals surface area contributed by atoms with E-state index >= 15 is 0 Å². The first-order valence-electron chi connectivity index (χ1n) is 9.43. The highest BCUT2D eigenvalue weighted by Crippen LogP contribution is 2.39. The zero-order chi connectivity index (χ0) is 21.7. The third kappa shape index (κ3) is 5.65. The largest absolute Gasteiger partial charge is 0.429 e. The maximum absolute atomic E-state index is 14.5. The van der Waals surface area contributed by atoms with Crippen molar-refractivity contribution >= 4 is 11.8 Å². The molecule has 164 valence electrons.